The summed E-state index contributed by atoms with van der Waals surface area (Å²) >= 11 is 0. The molecule has 6 heteroatoms. The zero-order valence-corrected chi connectivity index (χ0v) is 8.30. The van der Waals surface area contributed by atoms with Crippen molar-refractivity contribution >= 4 is 12.0 Å². The average molecular weight is 214 g/mol. The van der Waals surface area contributed by atoms with Crippen LogP contribution < -0.4 is 0 Å². The molecule has 0 unspecified atom stereocenters. The second-order valence-corrected chi connectivity index (χ2v) is 4.07. The number of fused-ring (bicyclic) bond motifs is 1. The summed E-state index contributed by atoms with van der Waals surface area (Å²) in [4.78, 5) is 25.3. The minimum Gasteiger partial charge on any atom is -0.465 e. The third kappa shape index (κ3) is 1.90. The van der Waals surface area contributed by atoms with Crippen LogP contribution in [0.25, 0.3) is 0 Å². The average Bonchev–Trinajstić information content (AvgIpc) is 2.46. The van der Waals surface area contributed by atoms with Crippen molar-refractivity contribution in [3.63, 3.8) is 0 Å². The monoisotopic (exact) mass is 214 g/mol. The van der Waals surface area contributed by atoms with Gasteiger partial charge in [0, 0.05) is 26.1 Å². The van der Waals surface area contributed by atoms with E-state index in [1.54, 1.807) is 4.90 Å². The molecule has 0 aromatic rings. The molecule has 0 bridgehead atoms. The van der Waals surface area contributed by atoms with Gasteiger partial charge in [0.2, 0.25) is 5.91 Å². The summed E-state index contributed by atoms with van der Waals surface area (Å²) in [6.45, 7) is 0.923. The summed E-state index contributed by atoms with van der Waals surface area (Å²) in [5.74, 6) is -0.0553. The Balaban J connectivity index is 2.12. The molecule has 2 saturated heterocycles. The Morgan fingerprint density at radius 3 is 2.80 bits per heavy atom. The lowest BCUT2D eigenvalue weighted by Gasteiger charge is -2.23. The molecule has 2 atom stereocenters. The number of aliphatic hydroxyl groups is 1. The number of nitrogens with zero attached hydrogens (tertiary/aromatic N) is 2. The summed E-state index contributed by atoms with van der Waals surface area (Å²) in [6.07, 6.45) is -0.802. The van der Waals surface area contributed by atoms with E-state index in [2.05, 4.69) is 0 Å². The first-order valence-electron chi connectivity index (χ1n) is 5.03. The molecule has 0 aromatic heterocycles. The molecule has 6 nitrogen and oxygen atoms in total. The smallest absolute Gasteiger partial charge is 0.407 e. The van der Waals surface area contributed by atoms with Gasteiger partial charge in [-0.25, -0.2) is 4.79 Å². The lowest BCUT2D eigenvalue weighted by atomic mass is 10.2. The van der Waals surface area contributed by atoms with E-state index < -0.39 is 12.2 Å². The Bertz CT molecular complexity index is 294. The van der Waals surface area contributed by atoms with Crippen molar-refractivity contribution < 1.29 is 19.8 Å². The first-order valence-corrected chi connectivity index (χ1v) is 5.03. The molecule has 0 radical (unpaired) electrons. The molecule has 2 aliphatic heterocycles. The van der Waals surface area contributed by atoms with Crippen LogP contribution in [0.2, 0.25) is 0 Å². The van der Waals surface area contributed by atoms with E-state index in [1.165, 1.54) is 4.90 Å². The predicted molar refractivity (Wildman–Crippen MR) is 50.3 cm³/mol. The molecule has 15 heavy (non-hydrogen) atoms. The summed E-state index contributed by atoms with van der Waals surface area (Å²) in [7, 11) is 0. The van der Waals surface area contributed by atoms with Crippen molar-refractivity contribution in [3.8, 4) is 0 Å². The molecule has 2 N–H and O–H groups in total. The van der Waals surface area contributed by atoms with E-state index in [0.29, 0.717) is 19.5 Å². The van der Waals surface area contributed by atoms with Gasteiger partial charge in [-0.15, -0.1) is 0 Å². The number of carboxylic acid groups (broad SMARTS) is 1. The van der Waals surface area contributed by atoms with Crippen LogP contribution in [0.3, 0.4) is 0 Å². The van der Waals surface area contributed by atoms with Crippen LogP contribution in [0.1, 0.15) is 12.8 Å². The number of rotatable bonds is 0. The highest BCUT2D eigenvalue weighted by molar-refractivity contribution is 5.78. The number of hydrogen-bond acceptors (Lipinski definition) is 3. The van der Waals surface area contributed by atoms with Crippen LogP contribution in [0, 0.1) is 0 Å². The van der Waals surface area contributed by atoms with E-state index in [0.717, 1.165) is 0 Å². The lowest BCUT2D eigenvalue weighted by Crippen LogP contribution is -2.40. The molecule has 2 rings (SSSR count). The fourth-order valence-electron chi connectivity index (χ4n) is 2.26. The molecule has 2 aliphatic rings. The second-order valence-electron chi connectivity index (χ2n) is 4.07. The Hall–Kier alpha value is -1.30. The van der Waals surface area contributed by atoms with Crippen molar-refractivity contribution in [3.05, 3.63) is 0 Å². The van der Waals surface area contributed by atoms with Crippen LogP contribution in [0.4, 0.5) is 4.79 Å². The zero-order chi connectivity index (χ0) is 11.0. The first-order chi connectivity index (χ1) is 7.08. The summed E-state index contributed by atoms with van der Waals surface area (Å²) in [5.41, 5.74) is 0. The minimum atomic E-state index is -0.994. The van der Waals surface area contributed by atoms with Crippen LogP contribution in [-0.2, 0) is 4.79 Å². The van der Waals surface area contributed by atoms with E-state index >= 15 is 0 Å². The molecule has 2 amide bonds. The molecular weight excluding hydrogens is 200 g/mol. The third-order valence-electron chi connectivity index (χ3n) is 3.01. The Labute approximate surface area is 87.1 Å². The highest BCUT2D eigenvalue weighted by atomic mass is 16.4. The van der Waals surface area contributed by atoms with Crippen LogP contribution in [-0.4, -0.2) is 63.8 Å². The van der Waals surface area contributed by atoms with Crippen LogP contribution >= 0.6 is 0 Å². The van der Waals surface area contributed by atoms with E-state index in [9.17, 15) is 14.7 Å². The number of aliphatic hydroxyl groups excluding tert-OH is 1. The van der Waals surface area contributed by atoms with Crippen molar-refractivity contribution in [1.82, 2.24) is 9.80 Å². The summed E-state index contributed by atoms with van der Waals surface area (Å²) in [5, 5.41) is 18.3. The molecule has 84 valence electrons. The van der Waals surface area contributed by atoms with E-state index in [-0.39, 0.29) is 24.9 Å². The van der Waals surface area contributed by atoms with E-state index in [4.69, 9.17) is 5.11 Å². The van der Waals surface area contributed by atoms with Gasteiger partial charge in [0.15, 0.2) is 0 Å². The van der Waals surface area contributed by atoms with Gasteiger partial charge in [-0.05, 0) is 6.42 Å². The fourth-order valence-corrected chi connectivity index (χ4v) is 2.26. The Morgan fingerprint density at radius 2 is 2.13 bits per heavy atom. The standard InChI is InChI=1S/C9H14N2O4/c12-7-3-6-4-10(9(14)15)2-1-8(13)11(6)5-7/h6-7,12H,1-5H2,(H,14,15)/t6-,7+/m1/s1. The fraction of sp³-hybridized carbons (Fsp3) is 0.778. The van der Waals surface area contributed by atoms with Crippen molar-refractivity contribution in [2.75, 3.05) is 19.6 Å². The highest BCUT2D eigenvalue weighted by Crippen LogP contribution is 2.22. The highest BCUT2D eigenvalue weighted by Gasteiger charge is 2.38. The van der Waals surface area contributed by atoms with Gasteiger partial charge in [0.05, 0.1) is 12.1 Å². The van der Waals surface area contributed by atoms with Gasteiger partial charge < -0.3 is 20.0 Å². The molecular formula is C9H14N2O4. The third-order valence-corrected chi connectivity index (χ3v) is 3.01. The molecule has 0 aliphatic carbocycles. The molecule has 2 fully saturated rings. The minimum absolute atomic E-state index is 0.0553. The molecule has 0 saturated carbocycles. The van der Waals surface area contributed by atoms with Gasteiger partial charge in [0.25, 0.3) is 0 Å². The number of hydrogen-bond donors (Lipinski definition) is 2. The van der Waals surface area contributed by atoms with Crippen LogP contribution in [0.15, 0.2) is 0 Å². The van der Waals surface area contributed by atoms with E-state index in [1.807, 2.05) is 0 Å². The maximum absolute atomic E-state index is 11.6. The Kier molecular flexibility index (Phi) is 2.52. The van der Waals surface area contributed by atoms with Gasteiger partial charge in [-0.3, -0.25) is 4.79 Å². The summed E-state index contributed by atoms with van der Waals surface area (Å²) in [6, 6.07) is -0.147. The number of carbonyl (C=O) groups excluding carboxylic acids is 1. The van der Waals surface area contributed by atoms with Crippen molar-refractivity contribution in [1.29, 1.82) is 0 Å². The zero-order valence-electron chi connectivity index (χ0n) is 8.30. The number of carbonyl (C=O) groups is 2. The van der Waals surface area contributed by atoms with Crippen molar-refractivity contribution in [2.24, 2.45) is 0 Å². The van der Waals surface area contributed by atoms with Gasteiger partial charge >= 0.3 is 6.09 Å². The topological polar surface area (TPSA) is 81.1 Å². The molecule has 0 aromatic carbocycles. The first kappa shape index (κ1) is 10.2. The normalized spacial score (nSPS) is 31.4. The van der Waals surface area contributed by atoms with Gasteiger partial charge in [0.1, 0.15) is 0 Å². The second kappa shape index (κ2) is 3.69. The predicted octanol–water partition coefficient (Wildman–Crippen LogP) is -0.668. The van der Waals surface area contributed by atoms with Crippen molar-refractivity contribution in [2.45, 2.75) is 25.0 Å². The molecule has 0 spiro atoms. The summed E-state index contributed by atoms with van der Waals surface area (Å²) < 4.78 is 0. The van der Waals surface area contributed by atoms with Gasteiger partial charge in [-0.1, -0.05) is 0 Å². The largest absolute Gasteiger partial charge is 0.465 e. The maximum Gasteiger partial charge on any atom is 0.407 e. The lowest BCUT2D eigenvalue weighted by molar-refractivity contribution is -0.131. The van der Waals surface area contributed by atoms with Gasteiger partial charge in [-0.2, -0.15) is 0 Å². The maximum atomic E-state index is 11.6. The SMILES string of the molecule is O=C(O)N1CCC(=O)N2C[C@@H](O)C[C@@H]2C1. The van der Waals surface area contributed by atoms with Crippen LogP contribution in [0.5, 0.6) is 0 Å². The molecule has 2 heterocycles. The quantitative estimate of drug-likeness (QED) is 0.560. The number of amides is 2. The Morgan fingerprint density at radius 1 is 1.40 bits per heavy atom.